The van der Waals surface area contributed by atoms with Gasteiger partial charge in [-0.1, -0.05) is 25.7 Å². The van der Waals surface area contributed by atoms with Crippen molar-refractivity contribution in [3.8, 4) is 11.5 Å². The van der Waals surface area contributed by atoms with Crippen LogP contribution in [-0.2, 0) is 0 Å². The molecular formula is C14H19NO3. The number of hydrogen-bond acceptors (Lipinski definition) is 3. The lowest BCUT2D eigenvalue weighted by atomic mass is 10.0. The average Bonchev–Trinajstić information content (AvgIpc) is 2.85. The lowest BCUT2D eigenvalue weighted by molar-refractivity contribution is 0.0948. The van der Waals surface area contributed by atoms with Gasteiger partial charge in [0.25, 0.3) is 5.91 Å². The molecule has 1 amide bonds. The zero-order chi connectivity index (χ0) is 13.0. The summed E-state index contributed by atoms with van der Waals surface area (Å²) in [6.07, 6.45) is 6.10. The van der Waals surface area contributed by atoms with Gasteiger partial charge in [-0.3, -0.25) is 4.79 Å². The van der Waals surface area contributed by atoms with E-state index in [1.54, 1.807) is 0 Å². The monoisotopic (exact) mass is 249 g/mol. The number of benzene rings is 1. The summed E-state index contributed by atoms with van der Waals surface area (Å²) in [5.74, 6) is 0.268. The molecule has 0 saturated heterocycles. The van der Waals surface area contributed by atoms with E-state index in [0.717, 1.165) is 12.3 Å². The highest BCUT2D eigenvalue weighted by Gasteiger charge is 2.16. The number of carbonyl (C=O) groups is 1. The summed E-state index contributed by atoms with van der Waals surface area (Å²) in [5, 5.41) is 21.6. The van der Waals surface area contributed by atoms with Gasteiger partial charge in [0.05, 0.1) is 5.56 Å². The predicted octanol–water partition coefficient (Wildman–Crippen LogP) is 2.41. The summed E-state index contributed by atoms with van der Waals surface area (Å²) in [7, 11) is 0. The molecule has 0 atom stereocenters. The molecular weight excluding hydrogens is 230 g/mol. The average molecular weight is 249 g/mol. The smallest absolute Gasteiger partial charge is 0.255 e. The molecule has 1 aliphatic rings. The van der Waals surface area contributed by atoms with E-state index in [9.17, 15) is 15.0 Å². The Morgan fingerprint density at radius 2 is 2.00 bits per heavy atom. The Morgan fingerprint density at radius 3 is 2.72 bits per heavy atom. The van der Waals surface area contributed by atoms with Crippen LogP contribution < -0.4 is 5.32 Å². The standard InChI is InChI=1S/C14H19NO3/c16-11-5-6-13(17)12(9-11)14(18)15-8-7-10-3-1-2-4-10/h5-6,9-10,16-17H,1-4,7-8H2,(H,15,18). The van der Waals surface area contributed by atoms with Crippen molar-refractivity contribution in [2.24, 2.45) is 5.92 Å². The molecule has 0 bridgehead atoms. The Kier molecular flexibility index (Phi) is 4.07. The second kappa shape index (κ2) is 5.76. The van der Waals surface area contributed by atoms with Gasteiger partial charge in [0.2, 0.25) is 0 Å². The summed E-state index contributed by atoms with van der Waals surface area (Å²) < 4.78 is 0. The quantitative estimate of drug-likeness (QED) is 0.718. The zero-order valence-corrected chi connectivity index (χ0v) is 10.4. The number of rotatable bonds is 4. The van der Waals surface area contributed by atoms with Crippen molar-refractivity contribution in [3.05, 3.63) is 23.8 Å². The second-order valence-corrected chi connectivity index (χ2v) is 4.90. The Morgan fingerprint density at radius 1 is 1.28 bits per heavy atom. The number of hydrogen-bond donors (Lipinski definition) is 3. The maximum absolute atomic E-state index is 11.8. The molecule has 0 aliphatic heterocycles. The van der Waals surface area contributed by atoms with Crippen LogP contribution in [0.1, 0.15) is 42.5 Å². The molecule has 0 aromatic heterocycles. The molecule has 98 valence electrons. The van der Waals surface area contributed by atoms with E-state index >= 15 is 0 Å². The van der Waals surface area contributed by atoms with Gasteiger partial charge < -0.3 is 15.5 Å². The largest absolute Gasteiger partial charge is 0.508 e. The Balaban J connectivity index is 1.85. The van der Waals surface area contributed by atoms with Crippen LogP contribution in [0.25, 0.3) is 0 Å². The minimum atomic E-state index is -0.332. The third-order valence-electron chi connectivity index (χ3n) is 3.54. The topological polar surface area (TPSA) is 69.6 Å². The van der Waals surface area contributed by atoms with Crippen molar-refractivity contribution in [2.75, 3.05) is 6.54 Å². The molecule has 0 spiro atoms. The van der Waals surface area contributed by atoms with Gasteiger partial charge in [0.15, 0.2) is 0 Å². The van der Waals surface area contributed by atoms with Crippen molar-refractivity contribution in [3.63, 3.8) is 0 Å². The van der Waals surface area contributed by atoms with E-state index in [2.05, 4.69) is 5.32 Å². The first kappa shape index (κ1) is 12.7. The van der Waals surface area contributed by atoms with Crippen LogP contribution >= 0.6 is 0 Å². The second-order valence-electron chi connectivity index (χ2n) is 4.90. The zero-order valence-electron chi connectivity index (χ0n) is 10.4. The molecule has 1 aromatic rings. The van der Waals surface area contributed by atoms with Crippen molar-refractivity contribution in [2.45, 2.75) is 32.1 Å². The third kappa shape index (κ3) is 3.15. The van der Waals surface area contributed by atoms with Crippen LogP contribution in [0.5, 0.6) is 11.5 Å². The van der Waals surface area contributed by atoms with E-state index in [1.807, 2.05) is 0 Å². The van der Waals surface area contributed by atoms with E-state index in [0.29, 0.717) is 6.54 Å². The highest BCUT2D eigenvalue weighted by atomic mass is 16.3. The fraction of sp³-hybridized carbons (Fsp3) is 0.500. The van der Waals surface area contributed by atoms with Gasteiger partial charge in [-0.15, -0.1) is 0 Å². The fourth-order valence-corrected chi connectivity index (χ4v) is 2.49. The first-order chi connectivity index (χ1) is 8.66. The number of phenolic OH excluding ortho intramolecular Hbond substituents is 2. The minimum Gasteiger partial charge on any atom is -0.508 e. The van der Waals surface area contributed by atoms with Gasteiger partial charge >= 0.3 is 0 Å². The molecule has 2 rings (SSSR count). The molecule has 18 heavy (non-hydrogen) atoms. The summed E-state index contributed by atoms with van der Waals surface area (Å²) in [6, 6.07) is 3.95. The summed E-state index contributed by atoms with van der Waals surface area (Å²) >= 11 is 0. The van der Waals surface area contributed by atoms with Gasteiger partial charge in [0.1, 0.15) is 11.5 Å². The lowest BCUT2D eigenvalue weighted by Crippen LogP contribution is -2.25. The third-order valence-corrected chi connectivity index (χ3v) is 3.54. The first-order valence-electron chi connectivity index (χ1n) is 6.47. The Hall–Kier alpha value is -1.71. The minimum absolute atomic E-state index is 0.0197. The van der Waals surface area contributed by atoms with E-state index in [-0.39, 0.29) is 23.0 Å². The van der Waals surface area contributed by atoms with Crippen LogP contribution in [0.4, 0.5) is 0 Å². The predicted molar refractivity (Wildman–Crippen MR) is 68.7 cm³/mol. The SMILES string of the molecule is O=C(NCCC1CCCC1)c1cc(O)ccc1O. The van der Waals surface area contributed by atoms with Crippen molar-refractivity contribution in [1.29, 1.82) is 0 Å². The molecule has 1 fully saturated rings. The van der Waals surface area contributed by atoms with Gasteiger partial charge in [0, 0.05) is 6.54 Å². The van der Waals surface area contributed by atoms with Gasteiger partial charge in [-0.2, -0.15) is 0 Å². The molecule has 4 nitrogen and oxygen atoms in total. The van der Waals surface area contributed by atoms with E-state index in [4.69, 9.17) is 0 Å². The normalized spacial score (nSPS) is 15.8. The summed E-state index contributed by atoms with van der Waals surface area (Å²) in [4.78, 5) is 11.8. The molecule has 3 N–H and O–H groups in total. The molecule has 1 saturated carbocycles. The molecule has 0 heterocycles. The number of aromatic hydroxyl groups is 2. The molecule has 0 radical (unpaired) electrons. The maximum Gasteiger partial charge on any atom is 0.255 e. The summed E-state index contributed by atoms with van der Waals surface area (Å²) in [6.45, 7) is 0.624. The number of phenols is 2. The van der Waals surface area contributed by atoms with Crippen LogP contribution in [0, 0.1) is 5.92 Å². The lowest BCUT2D eigenvalue weighted by Gasteiger charge is -2.10. The van der Waals surface area contributed by atoms with Gasteiger partial charge in [-0.05, 0) is 30.5 Å². The Labute approximate surface area is 107 Å². The molecule has 1 aliphatic carbocycles. The van der Waals surface area contributed by atoms with Crippen molar-refractivity contribution >= 4 is 5.91 Å². The van der Waals surface area contributed by atoms with Crippen LogP contribution in [-0.4, -0.2) is 22.7 Å². The summed E-state index contributed by atoms with van der Waals surface area (Å²) in [5.41, 5.74) is 0.126. The van der Waals surface area contributed by atoms with Crippen LogP contribution in [0.2, 0.25) is 0 Å². The number of carbonyl (C=O) groups excluding carboxylic acids is 1. The highest BCUT2D eigenvalue weighted by molar-refractivity contribution is 5.97. The fourth-order valence-electron chi connectivity index (χ4n) is 2.49. The maximum atomic E-state index is 11.8. The first-order valence-corrected chi connectivity index (χ1v) is 6.47. The highest BCUT2D eigenvalue weighted by Crippen LogP contribution is 2.27. The number of amides is 1. The van der Waals surface area contributed by atoms with Crippen molar-refractivity contribution in [1.82, 2.24) is 5.32 Å². The van der Waals surface area contributed by atoms with Crippen LogP contribution in [0.3, 0.4) is 0 Å². The van der Waals surface area contributed by atoms with Gasteiger partial charge in [-0.25, -0.2) is 0 Å². The molecule has 0 unspecified atom stereocenters. The number of nitrogens with one attached hydrogen (secondary N) is 1. The Bertz CT molecular complexity index is 425. The van der Waals surface area contributed by atoms with E-state index < -0.39 is 0 Å². The molecule has 4 heteroatoms. The van der Waals surface area contributed by atoms with Crippen molar-refractivity contribution < 1.29 is 15.0 Å². The molecule has 1 aromatic carbocycles. The van der Waals surface area contributed by atoms with E-state index in [1.165, 1.54) is 43.9 Å². The van der Waals surface area contributed by atoms with Crippen LogP contribution in [0.15, 0.2) is 18.2 Å².